The van der Waals surface area contributed by atoms with Gasteiger partial charge in [-0.3, -0.25) is 14.6 Å². The average molecular weight is 276 g/mol. The number of halogens is 1. The molecule has 2 heterocycles. The van der Waals surface area contributed by atoms with Gasteiger partial charge < -0.3 is 5.11 Å². The molecular weight excluding hydrogens is 262 g/mol. The summed E-state index contributed by atoms with van der Waals surface area (Å²) < 4.78 is 0.713. The van der Waals surface area contributed by atoms with Crippen molar-refractivity contribution in [2.24, 2.45) is 0 Å². The Morgan fingerprint density at radius 1 is 1.41 bits per heavy atom. The van der Waals surface area contributed by atoms with Gasteiger partial charge in [-0.2, -0.15) is 0 Å². The van der Waals surface area contributed by atoms with Crippen LogP contribution in [0.4, 0.5) is 0 Å². The standard InChI is InChI=1S/C10H14ClN3O2S/c11-8-5-12-9(17-8)6-13-1-3-14(4-2-13)7-10(15)16/h5H,1-4,6-7H2,(H,15,16). The van der Waals surface area contributed by atoms with E-state index in [1.165, 1.54) is 11.3 Å². The first-order chi connectivity index (χ1) is 8.13. The van der Waals surface area contributed by atoms with Crippen LogP contribution in [0.3, 0.4) is 0 Å². The Hall–Kier alpha value is -0.690. The fourth-order valence-corrected chi connectivity index (χ4v) is 2.85. The third kappa shape index (κ3) is 3.92. The van der Waals surface area contributed by atoms with Gasteiger partial charge in [0.1, 0.15) is 9.34 Å². The highest BCUT2D eigenvalue weighted by Crippen LogP contribution is 2.20. The fourth-order valence-electron chi connectivity index (χ4n) is 1.85. The largest absolute Gasteiger partial charge is 0.480 e. The molecule has 2 rings (SSSR count). The lowest BCUT2D eigenvalue weighted by Crippen LogP contribution is -2.47. The van der Waals surface area contributed by atoms with Gasteiger partial charge in [-0.25, -0.2) is 4.98 Å². The van der Waals surface area contributed by atoms with Gasteiger partial charge >= 0.3 is 5.97 Å². The van der Waals surface area contributed by atoms with Crippen molar-refractivity contribution in [3.05, 3.63) is 15.5 Å². The summed E-state index contributed by atoms with van der Waals surface area (Å²) in [6.45, 7) is 4.29. The van der Waals surface area contributed by atoms with Gasteiger partial charge in [0, 0.05) is 26.2 Å². The normalized spacial score (nSPS) is 18.4. The predicted molar refractivity (Wildman–Crippen MR) is 66.5 cm³/mol. The minimum absolute atomic E-state index is 0.136. The summed E-state index contributed by atoms with van der Waals surface area (Å²) in [5.41, 5.74) is 0. The topological polar surface area (TPSA) is 56.7 Å². The Morgan fingerprint density at radius 3 is 2.59 bits per heavy atom. The number of carboxylic acid groups (broad SMARTS) is 1. The predicted octanol–water partition coefficient (Wildman–Crippen LogP) is 0.999. The zero-order valence-electron chi connectivity index (χ0n) is 9.30. The van der Waals surface area contributed by atoms with Crippen LogP contribution in [0.25, 0.3) is 0 Å². The zero-order valence-corrected chi connectivity index (χ0v) is 10.9. The second-order valence-electron chi connectivity index (χ2n) is 4.00. The van der Waals surface area contributed by atoms with Crippen molar-refractivity contribution in [2.45, 2.75) is 6.54 Å². The third-order valence-corrected chi connectivity index (χ3v) is 3.81. The van der Waals surface area contributed by atoms with E-state index in [9.17, 15) is 4.79 Å². The smallest absolute Gasteiger partial charge is 0.317 e. The van der Waals surface area contributed by atoms with E-state index in [4.69, 9.17) is 16.7 Å². The first-order valence-electron chi connectivity index (χ1n) is 5.40. The van der Waals surface area contributed by atoms with Crippen LogP contribution in [-0.4, -0.2) is 58.6 Å². The van der Waals surface area contributed by atoms with E-state index in [1.54, 1.807) is 6.20 Å². The Kier molecular flexibility index (Phi) is 4.33. The third-order valence-electron chi connectivity index (χ3n) is 2.71. The van der Waals surface area contributed by atoms with E-state index in [0.29, 0.717) is 4.34 Å². The Bertz CT molecular complexity index is 391. The van der Waals surface area contributed by atoms with Gasteiger partial charge in [-0.1, -0.05) is 11.6 Å². The van der Waals surface area contributed by atoms with Crippen LogP contribution in [0.5, 0.6) is 0 Å². The van der Waals surface area contributed by atoms with Gasteiger partial charge in [0.15, 0.2) is 0 Å². The van der Waals surface area contributed by atoms with Crippen LogP contribution in [0.15, 0.2) is 6.20 Å². The van der Waals surface area contributed by atoms with E-state index >= 15 is 0 Å². The van der Waals surface area contributed by atoms with Crippen molar-refractivity contribution in [3.8, 4) is 0 Å². The van der Waals surface area contributed by atoms with E-state index in [0.717, 1.165) is 37.7 Å². The second-order valence-corrected chi connectivity index (χ2v) is 5.75. The van der Waals surface area contributed by atoms with Crippen LogP contribution in [-0.2, 0) is 11.3 Å². The Balaban J connectivity index is 1.77. The van der Waals surface area contributed by atoms with Gasteiger partial charge in [0.2, 0.25) is 0 Å². The summed E-state index contributed by atoms with van der Waals surface area (Å²) >= 11 is 7.32. The molecule has 1 aliphatic rings. The number of aliphatic carboxylic acids is 1. The SMILES string of the molecule is O=C(O)CN1CCN(Cc2ncc(Cl)s2)CC1. The molecule has 1 aromatic heterocycles. The van der Waals surface area contributed by atoms with Gasteiger partial charge in [0.05, 0.1) is 19.3 Å². The van der Waals surface area contributed by atoms with Crippen LogP contribution >= 0.6 is 22.9 Å². The fraction of sp³-hybridized carbons (Fsp3) is 0.600. The number of hydrogen-bond acceptors (Lipinski definition) is 5. The molecular formula is C10H14ClN3O2S. The van der Waals surface area contributed by atoms with E-state index in [-0.39, 0.29) is 6.54 Å². The molecule has 0 aromatic carbocycles. The lowest BCUT2D eigenvalue weighted by Gasteiger charge is -2.33. The van der Waals surface area contributed by atoms with Crippen molar-refractivity contribution in [2.75, 3.05) is 32.7 Å². The van der Waals surface area contributed by atoms with Gasteiger partial charge in [0.25, 0.3) is 0 Å². The minimum Gasteiger partial charge on any atom is -0.480 e. The maximum atomic E-state index is 10.6. The van der Waals surface area contributed by atoms with Crippen LogP contribution in [0.2, 0.25) is 4.34 Å². The molecule has 0 saturated carbocycles. The number of rotatable bonds is 4. The maximum absolute atomic E-state index is 10.6. The molecule has 0 radical (unpaired) electrons. The summed E-state index contributed by atoms with van der Waals surface area (Å²) in [5, 5.41) is 9.71. The van der Waals surface area contributed by atoms with E-state index in [2.05, 4.69) is 9.88 Å². The number of piperazine rings is 1. The molecule has 17 heavy (non-hydrogen) atoms. The first kappa shape index (κ1) is 12.8. The van der Waals surface area contributed by atoms with Gasteiger partial charge in [-0.05, 0) is 0 Å². The average Bonchev–Trinajstić information content (AvgIpc) is 2.66. The molecule has 1 aromatic rings. The molecule has 94 valence electrons. The summed E-state index contributed by atoms with van der Waals surface area (Å²) in [7, 11) is 0. The molecule has 5 nitrogen and oxygen atoms in total. The van der Waals surface area contributed by atoms with Crippen molar-refractivity contribution >= 4 is 28.9 Å². The molecule has 1 fully saturated rings. The molecule has 0 atom stereocenters. The van der Waals surface area contributed by atoms with Crippen molar-refractivity contribution in [1.82, 2.24) is 14.8 Å². The molecule has 1 N–H and O–H groups in total. The molecule has 7 heteroatoms. The minimum atomic E-state index is -0.759. The summed E-state index contributed by atoms with van der Waals surface area (Å²) in [6, 6.07) is 0. The number of carboxylic acids is 1. The van der Waals surface area contributed by atoms with E-state index in [1.807, 2.05) is 4.90 Å². The van der Waals surface area contributed by atoms with Crippen molar-refractivity contribution < 1.29 is 9.90 Å². The molecule has 0 unspecified atom stereocenters. The number of hydrogen-bond donors (Lipinski definition) is 1. The Morgan fingerprint density at radius 2 is 2.06 bits per heavy atom. The highest BCUT2D eigenvalue weighted by molar-refractivity contribution is 7.15. The molecule has 0 aliphatic carbocycles. The number of nitrogens with zero attached hydrogens (tertiary/aromatic N) is 3. The maximum Gasteiger partial charge on any atom is 0.317 e. The first-order valence-corrected chi connectivity index (χ1v) is 6.59. The summed E-state index contributed by atoms with van der Waals surface area (Å²) in [6.07, 6.45) is 1.67. The lowest BCUT2D eigenvalue weighted by molar-refractivity contribution is -0.138. The van der Waals surface area contributed by atoms with Crippen molar-refractivity contribution in [3.63, 3.8) is 0 Å². The number of aromatic nitrogens is 1. The molecule has 0 spiro atoms. The number of carbonyl (C=O) groups is 1. The summed E-state index contributed by atoms with van der Waals surface area (Å²) in [4.78, 5) is 19.0. The highest BCUT2D eigenvalue weighted by Gasteiger charge is 2.19. The second kappa shape index (κ2) is 5.77. The number of thiazole rings is 1. The van der Waals surface area contributed by atoms with Crippen LogP contribution in [0, 0.1) is 0 Å². The molecule has 0 amide bonds. The zero-order chi connectivity index (χ0) is 12.3. The van der Waals surface area contributed by atoms with E-state index < -0.39 is 5.97 Å². The molecule has 1 saturated heterocycles. The summed E-state index contributed by atoms with van der Waals surface area (Å²) in [5.74, 6) is -0.759. The van der Waals surface area contributed by atoms with Crippen molar-refractivity contribution in [1.29, 1.82) is 0 Å². The monoisotopic (exact) mass is 275 g/mol. The molecule has 0 bridgehead atoms. The Labute approximate surface area is 109 Å². The van der Waals surface area contributed by atoms with Crippen LogP contribution < -0.4 is 0 Å². The van der Waals surface area contributed by atoms with Crippen LogP contribution in [0.1, 0.15) is 5.01 Å². The molecule has 1 aliphatic heterocycles. The quantitative estimate of drug-likeness (QED) is 0.888. The lowest BCUT2D eigenvalue weighted by atomic mass is 10.3. The highest BCUT2D eigenvalue weighted by atomic mass is 35.5. The van der Waals surface area contributed by atoms with Gasteiger partial charge in [-0.15, -0.1) is 11.3 Å².